The molecular formula is C25H18ClFN2O4S. The number of para-hydroxylation sites is 1. The predicted octanol–water partition coefficient (Wildman–Crippen LogP) is 5.73. The van der Waals surface area contributed by atoms with Gasteiger partial charge in [0.1, 0.15) is 11.6 Å². The second kappa shape index (κ2) is 10.5. The summed E-state index contributed by atoms with van der Waals surface area (Å²) in [7, 11) is 0. The Labute approximate surface area is 204 Å². The molecule has 6 nitrogen and oxygen atoms in total. The van der Waals surface area contributed by atoms with E-state index < -0.39 is 11.7 Å². The van der Waals surface area contributed by atoms with Gasteiger partial charge in [0.25, 0.3) is 17.1 Å². The molecule has 9 heteroatoms. The molecule has 4 rings (SSSR count). The van der Waals surface area contributed by atoms with Crippen LogP contribution in [0.4, 0.5) is 14.9 Å². The molecule has 0 aliphatic carbocycles. The van der Waals surface area contributed by atoms with E-state index in [1.165, 1.54) is 23.1 Å². The summed E-state index contributed by atoms with van der Waals surface area (Å²) < 4.78 is 19.1. The molecule has 0 unspecified atom stereocenters. The van der Waals surface area contributed by atoms with Crippen LogP contribution < -0.4 is 10.1 Å². The normalized spacial score (nSPS) is 14.5. The maximum atomic E-state index is 13.6. The fourth-order valence-corrected chi connectivity index (χ4v) is 4.25. The van der Waals surface area contributed by atoms with Gasteiger partial charge in [-0.1, -0.05) is 60.1 Å². The SMILES string of the molecule is O=C(COc1ccc(/C=C2\SC(=O)N(Cc3ccccc3)C2=O)cc1Cl)Nc1ccccc1F. The number of ether oxygens (including phenoxy) is 1. The van der Waals surface area contributed by atoms with Crippen LogP contribution >= 0.6 is 23.4 Å². The van der Waals surface area contributed by atoms with Crippen LogP contribution in [0.1, 0.15) is 11.1 Å². The highest BCUT2D eigenvalue weighted by Crippen LogP contribution is 2.34. The van der Waals surface area contributed by atoms with Crippen LogP contribution in [0.25, 0.3) is 6.08 Å². The molecule has 0 atom stereocenters. The Bertz CT molecular complexity index is 1280. The standard InChI is InChI=1S/C25H18ClFN2O4S/c26-18-12-17(10-11-21(18)33-15-23(30)28-20-9-5-4-8-19(20)27)13-22-24(31)29(25(32)34-22)14-16-6-2-1-3-7-16/h1-13H,14-15H2,(H,28,30)/b22-13-. The van der Waals surface area contributed by atoms with Gasteiger partial charge in [0.05, 0.1) is 22.2 Å². The molecule has 1 fully saturated rings. The van der Waals surface area contributed by atoms with Gasteiger partial charge >= 0.3 is 0 Å². The summed E-state index contributed by atoms with van der Waals surface area (Å²) in [6, 6.07) is 19.8. The van der Waals surface area contributed by atoms with Crippen molar-refractivity contribution in [3.63, 3.8) is 0 Å². The molecule has 3 amide bonds. The number of imide groups is 1. The van der Waals surface area contributed by atoms with E-state index >= 15 is 0 Å². The molecule has 0 spiro atoms. The van der Waals surface area contributed by atoms with E-state index in [2.05, 4.69) is 5.32 Å². The van der Waals surface area contributed by atoms with E-state index in [1.807, 2.05) is 30.3 Å². The van der Waals surface area contributed by atoms with Gasteiger partial charge in [0, 0.05) is 0 Å². The highest BCUT2D eigenvalue weighted by atomic mass is 35.5. The Morgan fingerprint density at radius 2 is 1.79 bits per heavy atom. The van der Waals surface area contributed by atoms with Crippen LogP contribution in [0.15, 0.2) is 77.7 Å². The van der Waals surface area contributed by atoms with Crippen LogP contribution in [0.3, 0.4) is 0 Å². The first-order valence-corrected chi connectivity index (χ1v) is 11.4. The molecule has 0 saturated carbocycles. The van der Waals surface area contributed by atoms with E-state index in [4.69, 9.17) is 16.3 Å². The van der Waals surface area contributed by atoms with Crippen molar-refractivity contribution in [2.45, 2.75) is 6.54 Å². The first-order valence-electron chi connectivity index (χ1n) is 10.2. The number of halogens is 2. The third-order valence-corrected chi connectivity index (χ3v) is 6.02. The maximum absolute atomic E-state index is 13.6. The first kappa shape index (κ1) is 23.5. The Kier molecular flexibility index (Phi) is 7.30. The van der Waals surface area contributed by atoms with Crippen molar-refractivity contribution in [2.75, 3.05) is 11.9 Å². The molecule has 1 N–H and O–H groups in total. The topological polar surface area (TPSA) is 75.7 Å². The average molecular weight is 497 g/mol. The smallest absolute Gasteiger partial charge is 0.293 e. The first-order chi connectivity index (χ1) is 16.4. The van der Waals surface area contributed by atoms with Crippen molar-refractivity contribution in [3.05, 3.63) is 99.7 Å². The number of rotatable bonds is 7. The van der Waals surface area contributed by atoms with Crippen LogP contribution in [0.2, 0.25) is 5.02 Å². The molecular weight excluding hydrogens is 479 g/mol. The fourth-order valence-electron chi connectivity index (χ4n) is 3.17. The van der Waals surface area contributed by atoms with Crippen LogP contribution in [-0.4, -0.2) is 28.6 Å². The van der Waals surface area contributed by atoms with Crippen molar-refractivity contribution < 1.29 is 23.5 Å². The van der Waals surface area contributed by atoms with E-state index in [0.29, 0.717) is 5.56 Å². The molecule has 1 saturated heterocycles. The molecule has 0 bridgehead atoms. The molecule has 3 aromatic rings. The number of benzene rings is 3. The molecule has 3 aromatic carbocycles. The minimum atomic E-state index is -0.550. The minimum Gasteiger partial charge on any atom is -0.482 e. The average Bonchev–Trinajstić information content (AvgIpc) is 3.08. The molecule has 34 heavy (non-hydrogen) atoms. The van der Waals surface area contributed by atoms with Gasteiger partial charge in [-0.2, -0.15) is 0 Å². The van der Waals surface area contributed by atoms with Gasteiger partial charge in [-0.15, -0.1) is 0 Å². The lowest BCUT2D eigenvalue weighted by molar-refractivity contribution is -0.123. The number of nitrogens with one attached hydrogen (secondary N) is 1. The number of carbonyl (C=O) groups is 3. The van der Waals surface area contributed by atoms with Gasteiger partial charge < -0.3 is 10.1 Å². The monoisotopic (exact) mass is 496 g/mol. The van der Waals surface area contributed by atoms with E-state index in [0.717, 1.165) is 17.3 Å². The molecule has 1 aliphatic rings. The van der Waals surface area contributed by atoms with Crippen LogP contribution in [0, 0.1) is 5.82 Å². The van der Waals surface area contributed by atoms with Crippen molar-refractivity contribution in [3.8, 4) is 5.75 Å². The Hall–Kier alpha value is -3.62. The largest absolute Gasteiger partial charge is 0.482 e. The Balaban J connectivity index is 1.39. The molecule has 172 valence electrons. The third kappa shape index (κ3) is 5.65. The van der Waals surface area contributed by atoms with Crippen LogP contribution in [-0.2, 0) is 16.1 Å². The number of thioether (sulfide) groups is 1. The van der Waals surface area contributed by atoms with Gasteiger partial charge in [0.15, 0.2) is 6.61 Å². The Morgan fingerprint density at radius 1 is 1.06 bits per heavy atom. The Morgan fingerprint density at radius 3 is 2.53 bits per heavy atom. The zero-order valence-corrected chi connectivity index (χ0v) is 19.2. The zero-order valence-electron chi connectivity index (χ0n) is 17.7. The minimum absolute atomic E-state index is 0.0544. The lowest BCUT2D eigenvalue weighted by atomic mass is 10.2. The highest BCUT2D eigenvalue weighted by molar-refractivity contribution is 8.18. The highest BCUT2D eigenvalue weighted by Gasteiger charge is 2.34. The molecule has 1 aliphatic heterocycles. The van der Waals surface area contributed by atoms with Crippen LogP contribution in [0.5, 0.6) is 5.75 Å². The van der Waals surface area contributed by atoms with Gasteiger partial charge in [0.2, 0.25) is 0 Å². The zero-order chi connectivity index (χ0) is 24.1. The summed E-state index contributed by atoms with van der Waals surface area (Å²) in [6.45, 7) is -0.170. The summed E-state index contributed by atoms with van der Waals surface area (Å²) in [5.74, 6) is -1.22. The quantitative estimate of drug-likeness (QED) is 0.422. The fraction of sp³-hybridized carbons (Fsp3) is 0.0800. The number of nitrogens with zero attached hydrogens (tertiary/aromatic N) is 1. The number of hydrogen-bond acceptors (Lipinski definition) is 5. The summed E-state index contributed by atoms with van der Waals surface area (Å²) in [5, 5.41) is 2.30. The van der Waals surface area contributed by atoms with Crippen molar-refractivity contribution in [1.82, 2.24) is 4.90 Å². The lowest BCUT2D eigenvalue weighted by Gasteiger charge is -2.12. The number of hydrogen-bond donors (Lipinski definition) is 1. The van der Waals surface area contributed by atoms with Crippen molar-refractivity contribution in [2.24, 2.45) is 0 Å². The van der Waals surface area contributed by atoms with Crippen molar-refractivity contribution in [1.29, 1.82) is 0 Å². The van der Waals surface area contributed by atoms with E-state index in [-0.39, 0.29) is 45.7 Å². The maximum Gasteiger partial charge on any atom is 0.293 e. The summed E-state index contributed by atoms with van der Waals surface area (Å²) in [4.78, 5) is 38.6. The van der Waals surface area contributed by atoms with Crippen molar-refractivity contribution >= 4 is 52.2 Å². The lowest BCUT2D eigenvalue weighted by Crippen LogP contribution is -2.27. The summed E-state index contributed by atoms with van der Waals surface area (Å²) in [6.07, 6.45) is 1.58. The summed E-state index contributed by atoms with van der Waals surface area (Å²) >= 11 is 7.13. The number of carbonyl (C=O) groups excluding carboxylic acids is 3. The summed E-state index contributed by atoms with van der Waals surface area (Å²) in [5.41, 5.74) is 1.51. The molecule has 0 radical (unpaired) electrons. The van der Waals surface area contributed by atoms with Gasteiger partial charge in [-0.05, 0) is 53.2 Å². The molecule has 1 heterocycles. The van der Waals surface area contributed by atoms with Gasteiger partial charge in [-0.3, -0.25) is 19.3 Å². The van der Waals surface area contributed by atoms with E-state index in [1.54, 1.807) is 30.3 Å². The second-order valence-corrected chi connectivity index (χ2v) is 8.66. The van der Waals surface area contributed by atoms with E-state index in [9.17, 15) is 18.8 Å². The number of anilines is 1. The second-order valence-electron chi connectivity index (χ2n) is 7.26. The number of amides is 3. The van der Waals surface area contributed by atoms with Gasteiger partial charge in [-0.25, -0.2) is 4.39 Å². The predicted molar refractivity (Wildman–Crippen MR) is 130 cm³/mol. The molecule has 0 aromatic heterocycles. The third-order valence-electron chi connectivity index (χ3n) is 4.82.